The van der Waals surface area contributed by atoms with Crippen molar-refractivity contribution in [1.29, 1.82) is 0 Å². The SMILES string of the molecule is CN(C)CCC(=O)Nc1cccc(Nc2ncc3c(n2)-c2ccsc2CC3)c1.CN1CCN(CCC(=O)Nc2cccc(Nc3ncc4c(n3)-c3ccsc3CC4)c2)CC1.Cc1cc(C)cc(Nc2ncc3ccc4sccc4c3n2)c1.NS(=O)(=O)c1cccc(Nc2ncc3ccc4sccc4c3n2)c1.O=C(CCN1CCOCC1)Nc1cccc(Nc2ncc3c(n2)-c2ccsc2CC3)c1. The van der Waals surface area contributed by atoms with Crippen molar-refractivity contribution in [1.82, 2.24) is 69.4 Å². The Morgan fingerprint density at radius 1 is 0.401 bits per heavy atom. The van der Waals surface area contributed by atoms with Crippen molar-refractivity contribution in [2.45, 2.75) is 76.5 Å². The third-order valence-corrected chi connectivity index (χ3v) is 29.3. The number of sulfonamides is 1. The van der Waals surface area contributed by atoms with E-state index in [1.165, 1.54) is 81.4 Å². The van der Waals surface area contributed by atoms with Crippen molar-refractivity contribution in [3.63, 3.8) is 0 Å². The number of anilines is 13. The van der Waals surface area contributed by atoms with Gasteiger partial charge in [0.05, 0.1) is 46.2 Å². The van der Waals surface area contributed by atoms with Crippen LogP contribution < -0.4 is 47.7 Å². The highest BCUT2D eigenvalue weighted by Crippen LogP contribution is 2.41. The van der Waals surface area contributed by atoms with E-state index in [2.05, 4.69) is 184 Å². The summed E-state index contributed by atoms with van der Waals surface area (Å²) in [6.07, 6.45) is 16.9. The van der Waals surface area contributed by atoms with Gasteiger partial charge >= 0.3 is 0 Å². The molecule has 3 amide bonds. The van der Waals surface area contributed by atoms with Gasteiger partial charge in [0.15, 0.2) is 0 Å². The van der Waals surface area contributed by atoms with Crippen molar-refractivity contribution in [2.24, 2.45) is 5.14 Å². The molecular weight excluding hydrogens is 1840 g/mol. The molecule has 2 aliphatic heterocycles. The molecule has 22 rings (SSSR count). The zero-order chi connectivity index (χ0) is 94.3. The first-order valence-corrected chi connectivity index (χ1v) is 51.3. The molecule has 2 fully saturated rings. The molecule has 0 unspecified atom stereocenters. The number of hydrogen-bond acceptors (Lipinski definition) is 30. The molecule has 137 heavy (non-hydrogen) atoms. The number of nitrogens with two attached hydrogens (primary N) is 1. The van der Waals surface area contributed by atoms with Crippen LogP contribution in [-0.2, 0) is 67.7 Å². The molecule has 0 saturated carbocycles. The maximum Gasteiger partial charge on any atom is 0.238 e. The number of nitrogens with one attached hydrogen (secondary N) is 8. The maximum atomic E-state index is 12.4. The molecule has 5 aliphatic rings. The predicted octanol–water partition coefficient (Wildman–Crippen LogP) is 19.7. The van der Waals surface area contributed by atoms with E-state index in [0.29, 0.717) is 54.7 Å². The van der Waals surface area contributed by atoms with E-state index in [-0.39, 0.29) is 22.6 Å². The average molecular weight is 1940 g/mol. The number of thiophene rings is 5. The van der Waals surface area contributed by atoms with Crippen molar-refractivity contribution >= 4 is 202 Å². The zero-order valence-electron chi connectivity index (χ0n) is 76.3. The number of ether oxygens (including phenoxy) is 1. The summed E-state index contributed by atoms with van der Waals surface area (Å²) >= 11 is 8.76. The molecule has 2 saturated heterocycles. The minimum absolute atomic E-state index is 0.000804. The van der Waals surface area contributed by atoms with E-state index in [1.807, 2.05) is 140 Å². The first kappa shape index (κ1) is 94.0. The van der Waals surface area contributed by atoms with Crippen molar-refractivity contribution in [3.05, 3.63) is 270 Å². The Bertz CT molecular complexity index is 7310. The number of amides is 3. The Labute approximate surface area is 814 Å². The molecule has 7 aromatic carbocycles. The number of rotatable bonds is 23. The number of likely N-dealkylation sites (N-methyl/N-ethyl adjacent to an activating group) is 1. The van der Waals surface area contributed by atoms with Gasteiger partial charge in [0.2, 0.25) is 57.5 Å². The van der Waals surface area contributed by atoms with Gasteiger partial charge in [-0.1, -0.05) is 30.3 Å². The number of hydrogen-bond donors (Lipinski definition) is 9. The summed E-state index contributed by atoms with van der Waals surface area (Å²) in [5, 5.41) is 45.1. The lowest BCUT2D eigenvalue weighted by Gasteiger charge is -2.32. The summed E-state index contributed by atoms with van der Waals surface area (Å²) in [5.74, 6) is 2.78. The van der Waals surface area contributed by atoms with Crippen LogP contribution in [-0.4, -0.2) is 189 Å². The molecule has 10 N–H and O–H groups in total. The van der Waals surface area contributed by atoms with E-state index in [0.717, 1.165) is 199 Å². The van der Waals surface area contributed by atoms with Crippen LogP contribution in [0.5, 0.6) is 0 Å². The maximum absolute atomic E-state index is 12.4. The highest BCUT2D eigenvalue weighted by molar-refractivity contribution is 7.89. The minimum Gasteiger partial charge on any atom is -0.379 e. The van der Waals surface area contributed by atoms with E-state index < -0.39 is 10.0 Å². The second kappa shape index (κ2) is 43.7. The number of piperazine rings is 1. The quantitative estimate of drug-likeness (QED) is 0.0287. The molecular formula is C102H103N23O6S6. The first-order chi connectivity index (χ1) is 66.6. The van der Waals surface area contributed by atoms with Crippen LogP contribution in [0.2, 0.25) is 0 Å². The van der Waals surface area contributed by atoms with Gasteiger partial charge in [-0.05, 0) is 268 Å². The number of fused-ring (bicyclic) bond motifs is 15. The predicted molar refractivity (Wildman–Crippen MR) is 557 cm³/mol. The molecule has 0 radical (unpaired) electrons. The smallest absolute Gasteiger partial charge is 0.238 e. The van der Waals surface area contributed by atoms with Gasteiger partial charge in [0, 0.05) is 217 Å². The third-order valence-electron chi connectivity index (χ3n) is 23.7. The third kappa shape index (κ3) is 24.5. The fraction of sp³-hybridized carbons (Fsp3) is 0.245. The standard InChI is InChI=1S/C24H28N6OS.C23H25N5O2S.C21H23N5OS.C18H15N3S.C16H12N4O2S2/c1-29-10-12-30(13-11-29)9-7-22(31)26-18-3-2-4-19(15-18)27-24-25-16-17-5-6-21-20(8-14-32-21)23(17)28-24;29-21(6-8-28-9-11-30-12-10-28)25-17-2-1-3-18(14-17)26-23-24-15-16-4-5-20-19(7-13-31-20)22(16)27-23;1-26(2)10-8-19(27)23-15-4-3-5-16(12-15)24-21-22-13-14-6-7-18-17(9-11-28-18)20(14)25-21;1-11-7-12(2)9-14(8-11)20-18-19-10-13-3-4-16-15(5-6-22-16)17(13)21-18;17-24(21,22)12-3-1-2-11(8-12)19-16-18-9-10-4-5-14-13(6-7-23-14)15(10)20-16/h2-4,8,14-16H,5-7,9-13H2,1H3,(H,26,31)(H,25,27,28);1-3,7,13-15H,4-6,8-12H2,(H,25,29)(H,24,26,27);3-5,9,11-13H,6-8,10H2,1-2H3,(H,23,27)(H,22,24,25);3-10H,1-2H3,(H,19,20,21);1-9H,(H2,17,21,22)(H,18,19,20). The number of primary sulfonamides is 1. The van der Waals surface area contributed by atoms with Crippen LogP contribution in [0, 0.1) is 13.8 Å². The molecule has 12 heterocycles. The van der Waals surface area contributed by atoms with Crippen LogP contribution >= 0.6 is 56.7 Å². The molecule has 17 aromatic rings. The molecule has 0 spiro atoms. The average Bonchev–Trinajstić information content (AvgIpc) is 1.72. The summed E-state index contributed by atoms with van der Waals surface area (Å²) < 4.78 is 30.7. The second-order valence-corrected chi connectivity index (χ2v) is 40.6. The lowest BCUT2D eigenvalue weighted by atomic mass is 9.96. The zero-order valence-corrected chi connectivity index (χ0v) is 81.2. The monoisotopic (exact) mass is 1940 g/mol. The van der Waals surface area contributed by atoms with E-state index >= 15 is 0 Å². The topological polar surface area (TPSA) is 359 Å². The number of aryl methyl sites for hydroxylation is 8. The molecule has 35 heteroatoms. The van der Waals surface area contributed by atoms with Gasteiger partial charge in [-0.3, -0.25) is 19.3 Å². The minimum atomic E-state index is -3.75. The Kier molecular flexibility index (Phi) is 30.0. The van der Waals surface area contributed by atoms with E-state index in [9.17, 15) is 22.8 Å². The Morgan fingerprint density at radius 3 is 1.20 bits per heavy atom. The normalized spacial score (nSPS) is 13.8. The summed E-state index contributed by atoms with van der Waals surface area (Å²) in [6.45, 7) is 13.9. The first-order valence-electron chi connectivity index (χ1n) is 45.3. The highest BCUT2D eigenvalue weighted by atomic mass is 32.2. The lowest BCUT2D eigenvalue weighted by molar-refractivity contribution is -0.117. The number of carbonyl (C=O) groups excluding carboxylic acids is 3. The number of benzene rings is 7. The fourth-order valence-electron chi connectivity index (χ4n) is 16.7. The summed E-state index contributed by atoms with van der Waals surface area (Å²) in [6, 6.07) is 54.4. The van der Waals surface area contributed by atoms with Crippen molar-refractivity contribution < 1.29 is 27.5 Å². The summed E-state index contributed by atoms with van der Waals surface area (Å²) in [5.41, 5.74) is 21.0. The fourth-order valence-corrected chi connectivity index (χ4v) is 21.5. The number of aromatic nitrogens is 10. The summed E-state index contributed by atoms with van der Waals surface area (Å²) in [7, 11) is 2.29. The largest absolute Gasteiger partial charge is 0.379 e. The second-order valence-electron chi connectivity index (χ2n) is 34.1. The lowest BCUT2D eigenvalue weighted by Crippen LogP contribution is -2.45. The Balaban J connectivity index is 0.000000115. The molecule has 10 aromatic heterocycles. The highest BCUT2D eigenvalue weighted by Gasteiger charge is 2.25. The molecule has 698 valence electrons. The van der Waals surface area contributed by atoms with Crippen LogP contribution in [0.3, 0.4) is 0 Å². The molecule has 0 bridgehead atoms. The van der Waals surface area contributed by atoms with E-state index in [4.69, 9.17) is 29.8 Å². The van der Waals surface area contributed by atoms with Crippen LogP contribution in [0.25, 0.3) is 75.8 Å². The molecule has 3 aliphatic carbocycles. The van der Waals surface area contributed by atoms with Gasteiger partial charge in [0.1, 0.15) is 0 Å². The molecule has 0 atom stereocenters. The van der Waals surface area contributed by atoms with Gasteiger partial charge < -0.3 is 62.0 Å². The number of morpholine rings is 1. The summed E-state index contributed by atoms with van der Waals surface area (Å²) in [4.78, 5) is 95.8. The number of nitrogens with zero attached hydrogens (tertiary/aromatic N) is 14. The number of carbonyl (C=O) groups is 3. The Morgan fingerprint density at radius 2 is 0.774 bits per heavy atom. The van der Waals surface area contributed by atoms with Crippen molar-refractivity contribution in [3.8, 4) is 33.8 Å². The van der Waals surface area contributed by atoms with Crippen LogP contribution in [0.15, 0.2) is 233 Å². The Hall–Kier alpha value is -13.4. The van der Waals surface area contributed by atoms with Crippen molar-refractivity contribution in [2.75, 3.05) is 136 Å². The van der Waals surface area contributed by atoms with Gasteiger partial charge in [-0.2, -0.15) is 0 Å². The van der Waals surface area contributed by atoms with Crippen LogP contribution in [0.1, 0.15) is 61.7 Å². The van der Waals surface area contributed by atoms with Gasteiger partial charge in [-0.15, -0.1) is 56.7 Å². The van der Waals surface area contributed by atoms with Crippen LogP contribution in [0.4, 0.5) is 75.2 Å². The van der Waals surface area contributed by atoms with Gasteiger partial charge in [0.25, 0.3) is 0 Å². The molecule has 29 nitrogen and oxygen atoms in total. The van der Waals surface area contributed by atoms with E-state index in [1.54, 1.807) is 75.0 Å². The van der Waals surface area contributed by atoms with Gasteiger partial charge in [-0.25, -0.2) is 63.4 Å².